The molecule has 25 heavy (non-hydrogen) atoms. The van der Waals surface area contributed by atoms with Crippen molar-refractivity contribution in [2.24, 2.45) is 0 Å². The molecule has 0 aromatic heterocycles. The highest BCUT2D eigenvalue weighted by atomic mass is 32.2. The smallest absolute Gasteiger partial charge is 0.232 e. The van der Waals surface area contributed by atoms with Crippen LogP contribution in [0.15, 0.2) is 48.5 Å². The lowest BCUT2D eigenvalue weighted by Crippen LogP contribution is -2.33. The highest BCUT2D eigenvalue weighted by Crippen LogP contribution is 2.23. The van der Waals surface area contributed by atoms with Crippen LogP contribution in [0.5, 0.6) is 5.75 Å². The van der Waals surface area contributed by atoms with Crippen LogP contribution in [0, 0.1) is 6.92 Å². The van der Waals surface area contributed by atoms with Crippen LogP contribution in [0.25, 0.3) is 0 Å². The zero-order valence-corrected chi connectivity index (χ0v) is 15.3. The van der Waals surface area contributed by atoms with Crippen molar-refractivity contribution < 1.29 is 17.9 Å². The zero-order chi connectivity index (χ0) is 18.4. The molecule has 7 heteroatoms. The Labute approximate surface area is 148 Å². The van der Waals surface area contributed by atoms with E-state index in [0.29, 0.717) is 17.1 Å². The number of rotatable bonds is 7. The standard InChI is InChI=1S/C18H22N2O4S/c1-14-7-6-8-15(13-14)20(25(3,22)23)12-11-18(21)19-16-9-4-5-10-17(16)24-2/h4-10,13H,11-12H2,1-3H3,(H,19,21). The number of hydrogen-bond acceptors (Lipinski definition) is 4. The Morgan fingerprint density at radius 3 is 2.52 bits per heavy atom. The predicted octanol–water partition coefficient (Wildman–Crippen LogP) is 2.80. The molecule has 0 heterocycles. The number of nitrogens with one attached hydrogen (secondary N) is 1. The summed E-state index contributed by atoms with van der Waals surface area (Å²) in [5, 5.41) is 2.75. The number of ether oxygens (including phenoxy) is 1. The van der Waals surface area contributed by atoms with E-state index in [-0.39, 0.29) is 18.9 Å². The Balaban J connectivity index is 2.09. The van der Waals surface area contributed by atoms with Crippen LogP contribution in [0.2, 0.25) is 0 Å². The highest BCUT2D eigenvalue weighted by Gasteiger charge is 2.19. The fourth-order valence-corrected chi connectivity index (χ4v) is 3.35. The summed E-state index contributed by atoms with van der Waals surface area (Å²) < 4.78 is 30.6. The molecule has 6 nitrogen and oxygen atoms in total. The van der Waals surface area contributed by atoms with E-state index in [1.807, 2.05) is 13.0 Å². The maximum atomic E-state index is 12.2. The third-order valence-corrected chi connectivity index (χ3v) is 4.81. The van der Waals surface area contributed by atoms with Crippen LogP contribution in [-0.4, -0.2) is 34.2 Å². The van der Waals surface area contributed by atoms with Gasteiger partial charge in [-0.25, -0.2) is 8.42 Å². The van der Waals surface area contributed by atoms with E-state index in [1.165, 1.54) is 11.4 Å². The van der Waals surface area contributed by atoms with Gasteiger partial charge >= 0.3 is 0 Å². The largest absolute Gasteiger partial charge is 0.495 e. The van der Waals surface area contributed by atoms with E-state index in [9.17, 15) is 13.2 Å². The molecule has 0 unspecified atom stereocenters. The second kappa shape index (κ2) is 8.02. The first-order valence-corrected chi connectivity index (χ1v) is 9.63. The summed E-state index contributed by atoms with van der Waals surface area (Å²) in [4.78, 5) is 12.2. The van der Waals surface area contributed by atoms with E-state index in [2.05, 4.69) is 5.32 Å². The quantitative estimate of drug-likeness (QED) is 0.822. The van der Waals surface area contributed by atoms with Gasteiger partial charge in [0.25, 0.3) is 0 Å². The molecule has 0 fully saturated rings. The van der Waals surface area contributed by atoms with Gasteiger partial charge in [-0.3, -0.25) is 9.10 Å². The van der Waals surface area contributed by atoms with Gasteiger partial charge in [0.05, 0.1) is 24.7 Å². The molecule has 0 aliphatic carbocycles. The van der Waals surface area contributed by atoms with Gasteiger partial charge in [0.15, 0.2) is 0 Å². The molecule has 0 aliphatic heterocycles. The molecular weight excluding hydrogens is 340 g/mol. The fourth-order valence-electron chi connectivity index (χ4n) is 2.43. The van der Waals surface area contributed by atoms with E-state index in [4.69, 9.17) is 4.74 Å². The SMILES string of the molecule is COc1ccccc1NC(=O)CCN(c1cccc(C)c1)S(C)(=O)=O. The molecule has 1 amide bonds. The van der Waals surface area contributed by atoms with Crippen molar-refractivity contribution >= 4 is 27.3 Å². The molecule has 0 bridgehead atoms. The van der Waals surface area contributed by atoms with Gasteiger partial charge in [-0.2, -0.15) is 0 Å². The normalized spacial score (nSPS) is 11.0. The van der Waals surface area contributed by atoms with E-state index >= 15 is 0 Å². The van der Waals surface area contributed by atoms with Gasteiger partial charge in [0.1, 0.15) is 5.75 Å². The highest BCUT2D eigenvalue weighted by molar-refractivity contribution is 7.92. The Bertz CT molecular complexity index is 850. The van der Waals surface area contributed by atoms with Crippen molar-refractivity contribution in [2.45, 2.75) is 13.3 Å². The Hall–Kier alpha value is -2.54. The summed E-state index contributed by atoms with van der Waals surface area (Å²) in [6.07, 6.45) is 1.16. The van der Waals surface area contributed by atoms with Crippen molar-refractivity contribution in [3.63, 3.8) is 0 Å². The van der Waals surface area contributed by atoms with Gasteiger partial charge in [-0.1, -0.05) is 24.3 Å². The average Bonchev–Trinajstić information content (AvgIpc) is 2.54. The number of sulfonamides is 1. The van der Waals surface area contributed by atoms with Gasteiger partial charge < -0.3 is 10.1 Å². The van der Waals surface area contributed by atoms with Crippen LogP contribution in [0.3, 0.4) is 0 Å². The molecule has 134 valence electrons. The van der Waals surface area contributed by atoms with Crippen LogP contribution < -0.4 is 14.4 Å². The first-order valence-electron chi connectivity index (χ1n) is 7.78. The maximum Gasteiger partial charge on any atom is 0.232 e. The Morgan fingerprint density at radius 1 is 1.16 bits per heavy atom. The maximum absolute atomic E-state index is 12.2. The van der Waals surface area contributed by atoms with E-state index in [0.717, 1.165) is 11.8 Å². The molecule has 0 saturated carbocycles. The third kappa shape index (κ3) is 5.22. The van der Waals surface area contributed by atoms with Crippen LogP contribution in [-0.2, 0) is 14.8 Å². The minimum atomic E-state index is -3.49. The number of hydrogen-bond donors (Lipinski definition) is 1. The second-order valence-corrected chi connectivity index (χ2v) is 7.58. The summed E-state index contributed by atoms with van der Waals surface area (Å²) in [6, 6.07) is 14.2. The number of benzene rings is 2. The molecule has 0 radical (unpaired) electrons. The van der Waals surface area contributed by atoms with Crippen LogP contribution >= 0.6 is 0 Å². The monoisotopic (exact) mass is 362 g/mol. The van der Waals surface area contributed by atoms with Crippen molar-refractivity contribution in [1.82, 2.24) is 0 Å². The number of amides is 1. The topological polar surface area (TPSA) is 75.7 Å². The molecule has 0 atom stereocenters. The van der Waals surface area contributed by atoms with E-state index < -0.39 is 10.0 Å². The molecule has 0 aliphatic rings. The lowest BCUT2D eigenvalue weighted by atomic mass is 10.2. The van der Waals surface area contributed by atoms with Crippen LogP contribution in [0.4, 0.5) is 11.4 Å². The van der Waals surface area contributed by atoms with Gasteiger partial charge in [0.2, 0.25) is 15.9 Å². The number of nitrogens with zero attached hydrogens (tertiary/aromatic N) is 1. The number of anilines is 2. The number of carbonyl (C=O) groups excluding carboxylic acids is 1. The van der Waals surface area contributed by atoms with Crippen molar-refractivity contribution in [2.75, 3.05) is 29.5 Å². The van der Waals surface area contributed by atoms with Crippen molar-refractivity contribution in [1.29, 1.82) is 0 Å². The second-order valence-electron chi connectivity index (χ2n) is 5.67. The van der Waals surface area contributed by atoms with Gasteiger partial charge in [-0.05, 0) is 36.8 Å². The predicted molar refractivity (Wildman–Crippen MR) is 99.6 cm³/mol. The number of para-hydroxylation sites is 2. The molecule has 1 N–H and O–H groups in total. The van der Waals surface area contributed by atoms with Gasteiger partial charge in [0, 0.05) is 13.0 Å². The lowest BCUT2D eigenvalue weighted by Gasteiger charge is -2.22. The zero-order valence-electron chi connectivity index (χ0n) is 14.5. The lowest BCUT2D eigenvalue weighted by molar-refractivity contribution is -0.116. The van der Waals surface area contributed by atoms with Crippen molar-refractivity contribution in [3.05, 3.63) is 54.1 Å². The minimum absolute atomic E-state index is 0.0268. The number of carbonyl (C=O) groups is 1. The molecular formula is C18H22N2O4S. The Kier molecular flexibility index (Phi) is 6.03. The summed E-state index contributed by atoms with van der Waals surface area (Å²) >= 11 is 0. The first-order chi connectivity index (χ1) is 11.8. The number of aryl methyl sites for hydroxylation is 1. The minimum Gasteiger partial charge on any atom is -0.495 e. The molecule has 2 aromatic rings. The first kappa shape index (κ1) is 18.8. The Morgan fingerprint density at radius 2 is 1.88 bits per heavy atom. The average molecular weight is 362 g/mol. The molecule has 2 aromatic carbocycles. The number of methoxy groups -OCH3 is 1. The van der Waals surface area contributed by atoms with Crippen LogP contribution in [0.1, 0.15) is 12.0 Å². The molecule has 2 rings (SSSR count). The fraction of sp³-hybridized carbons (Fsp3) is 0.278. The molecule has 0 spiro atoms. The summed E-state index contributed by atoms with van der Waals surface area (Å²) in [7, 11) is -1.97. The molecule has 0 saturated heterocycles. The summed E-state index contributed by atoms with van der Waals surface area (Å²) in [5.41, 5.74) is 2.05. The third-order valence-electron chi connectivity index (χ3n) is 3.61. The van der Waals surface area contributed by atoms with E-state index in [1.54, 1.807) is 42.5 Å². The van der Waals surface area contributed by atoms with Crippen molar-refractivity contribution in [3.8, 4) is 5.75 Å². The summed E-state index contributed by atoms with van der Waals surface area (Å²) in [6.45, 7) is 1.95. The summed E-state index contributed by atoms with van der Waals surface area (Å²) in [5.74, 6) is 0.264. The van der Waals surface area contributed by atoms with Gasteiger partial charge in [-0.15, -0.1) is 0 Å².